The summed E-state index contributed by atoms with van der Waals surface area (Å²) in [6.07, 6.45) is 0. The molecule has 5 nitrogen and oxygen atoms in total. The van der Waals surface area contributed by atoms with E-state index in [0.29, 0.717) is 5.82 Å². The molecule has 2 rings (SSSR count). The Kier molecular flexibility index (Phi) is 3.36. The Balaban J connectivity index is 2.37. The van der Waals surface area contributed by atoms with Gasteiger partial charge in [0.25, 0.3) is 10.0 Å². The molecule has 2 N–H and O–H groups in total. The number of nitrogens with zero attached hydrogens (tertiary/aromatic N) is 1. The lowest BCUT2D eigenvalue weighted by atomic mass is 10.1. The molecule has 6 heteroatoms. The Bertz CT molecular complexity index is 717. The number of aromatic nitrogens is 2. The van der Waals surface area contributed by atoms with E-state index in [-0.39, 0.29) is 4.90 Å². The molecule has 19 heavy (non-hydrogen) atoms. The fourth-order valence-electron chi connectivity index (χ4n) is 1.65. The van der Waals surface area contributed by atoms with E-state index in [0.717, 1.165) is 22.4 Å². The average Bonchev–Trinajstić information content (AvgIpc) is 2.64. The van der Waals surface area contributed by atoms with Crippen molar-refractivity contribution in [2.24, 2.45) is 0 Å². The first-order valence-corrected chi connectivity index (χ1v) is 7.41. The summed E-state index contributed by atoms with van der Waals surface area (Å²) in [4.78, 5) is 0.246. The van der Waals surface area contributed by atoms with E-state index >= 15 is 0 Å². The van der Waals surface area contributed by atoms with Crippen molar-refractivity contribution < 1.29 is 8.42 Å². The van der Waals surface area contributed by atoms with Crippen molar-refractivity contribution in [3.05, 3.63) is 40.6 Å². The van der Waals surface area contributed by atoms with Crippen molar-refractivity contribution in [3.8, 4) is 0 Å². The molecule has 0 bridgehead atoms. The van der Waals surface area contributed by atoms with Crippen molar-refractivity contribution in [1.29, 1.82) is 0 Å². The Morgan fingerprint density at radius 2 is 1.79 bits per heavy atom. The lowest BCUT2D eigenvalue weighted by Crippen LogP contribution is -2.14. The first-order valence-electron chi connectivity index (χ1n) is 5.93. The molecule has 0 amide bonds. The van der Waals surface area contributed by atoms with Crippen molar-refractivity contribution in [2.45, 2.75) is 32.6 Å². The molecule has 0 spiro atoms. The van der Waals surface area contributed by atoms with E-state index in [1.807, 2.05) is 27.7 Å². The number of benzene rings is 1. The molecule has 1 heterocycles. The molecule has 0 aliphatic heterocycles. The Morgan fingerprint density at radius 3 is 2.32 bits per heavy atom. The molecule has 1 aromatic heterocycles. The molecule has 0 saturated carbocycles. The number of hydrogen-bond donors (Lipinski definition) is 2. The summed E-state index contributed by atoms with van der Waals surface area (Å²) >= 11 is 0. The van der Waals surface area contributed by atoms with Crippen molar-refractivity contribution in [2.75, 3.05) is 4.72 Å². The van der Waals surface area contributed by atoms with Gasteiger partial charge < -0.3 is 0 Å². The number of anilines is 1. The van der Waals surface area contributed by atoms with Crippen LogP contribution in [0.2, 0.25) is 0 Å². The normalized spacial score (nSPS) is 11.6. The smallest absolute Gasteiger partial charge is 0.263 e. The Labute approximate surface area is 113 Å². The number of sulfonamides is 1. The van der Waals surface area contributed by atoms with Crippen molar-refractivity contribution >= 4 is 15.8 Å². The average molecular weight is 279 g/mol. The van der Waals surface area contributed by atoms with Gasteiger partial charge in [-0.15, -0.1) is 0 Å². The highest BCUT2D eigenvalue weighted by Crippen LogP contribution is 2.20. The second kappa shape index (κ2) is 4.70. The van der Waals surface area contributed by atoms with E-state index in [1.165, 1.54) is 0 Å². The molecule has 1 aromatic carbocycles. The summed E-state index contributed by atoms with van der Waals surface area (Å²) in [5.74, 6) is 0.343. The van der Waals surface area contributed by atoms with E-state index in [2.05, 4.69) is 14.9 Å². The largest absolute Gasteiger partial charge is 0.280 e. The van der Waals surface area contributed by atoms with E-state index < -0.39 is 10.0 Å². The zero-order chi connectivity index (χ0) is 14.2. The molecular formula is C13H17N3O2S. The van der Waals surface area contributed by atoms with Crippen LogP contribution in [0.25, 0.3) is 0 Å². The van der Waals surface area contributed by atoms with Gasteiger partial charge in [0.15, 0.2) is 5.82 Å². The summed E-state index contributed by atoms with van der Waals surface area (Å²) in [5.41, 5.74) is 3.65. The van der Waals surface area contributed by atoms with Crippen LogP contribution in [-0.4, -0.2) is 18.6 Å². The zero-order valence-electron chi connectivity index (χ0n) is 11.4. The monoisotopic (exact) mass is 279 g/mol. The predicted octanol–water partition coefficient (Wildman–Crippen LogP) is 2.44. The van der Waals surface area contributed by atoms with Gasteiger partial charge in [-0.3, -0.25) is 9.82 Å². The fourth-order valence-corrected chi connectivity index (χ4v) is 2.80. The number of hydrogen-bond acceptors (Lipinski definition) is 3. The van der Waals surface area contributed by atoms with Crippen LogP contribution in [-0.2, 0) is 10.0 Å². The van der Waals surface area contributed by atoms with Gasteiger partial charge in [0.05, 0.1) is 4.90 Å². The molecule has 0 fully saturated rings. The predicted molar refractivity (Wildman–Crippen MR) is 74.8 cm³/mol. The van der Waals surface area contributed by atoms with Crippen LogP contribution in [0.5, 0.6) is 0 Å². The lowest BCUT2D eigenvalue weighted by Gasteiger charge is -2.08. The van der Waals surface area contributed by atoms with E-state index in [4.69, 9.17) is 0 Å². The van der Waals surface area contributed by atoms with Gasteiger partial charge in [-0.1, -0.05) is 6.07 Å². The third-order valence-electron chi connectivity index (χ3n) is 3.27. The fraction of sp³-hybridized carbons (Fsp3) is 0.308. The number of nitrogens with one attached hydrogen (secondary N) is 2. The molecule has 0 unspecified atom stereocenters. The molecule has 0 saturated heterocycles. The van der Waals surface area contributed by atoms with Gasteiger partial charge >= 0.3 is 0 Å². The minimum Gasteiger partial charge on any atom is -0.280 e. The first-order chi connectivity index (χ1) is 8.81. The molecule has 0 aliphatic rings. The van der Waals surface area contributed by atoms with Crippen LogP contribution >= 0.6 is 0 Å². The zero-order valence-corrected chi connectivity index (χ0v) is 12.2. The maximum atomic E-state index is 12.3. The van der Waals surface area contributed by atoms with Crippen LogP contribution < -0.4 is 4.72 Å². The third-order valence-corrected chi connectivity index (χ3v) is 4.61. The van der Waals surface area contributed by atoms with Crippen LogP contribution in [0.15, 0.2) is 23.1 Å². The van der Waals surface area contributed by atoms with Crippen LogP contribution in [0.4, 0.5) is 5.82 Å². The topological polar surface area (TPSA) is 74.8 Å². The van der Waals surface area contributed by atoms with Crippen LogP contribution in [0, 0.1) is 27.7 Å². The van der Waals surface area contributed by atoms with Crippen molar-refractivity contribution in [3.63, 3.8) is 0 Å². The third kappa shape index (κ3) is 2.63. The summed E-state index contributed by atoms with van der Waals surface area (Å²) in [6, 6.07) is 5.05. The van der Waals surface area contributed by atoms with E-state index in [1.54, 1.807) is 18.2 Å². The Morgan fingerprint density at radius 1 is 1.11 bits per heavy atom. The standard InChI is InChI=1S/C13H17N3O2S/c1-8-5-6-12(7-9(8)2)19(17,18)16-13-10(3)11(4)14-15-13/h5-7H,1-4H3,(H2,14,15,16). The second-order valence-electron chi connectivity index (χ2n) is 4.67. The van der Waals surface area contributed by atoms with Crippen LogP contribution in [0.3, 0.4) is 0 Å². The summed E-state index contributed by atoms with van der Waals surface area (Å²) in [5, 5.41) is 6.71. The summed E-state index contributed by atoms with van der Waals surface area (Å²) in [7, 11) is -3.59. The summed E-state index contributed by atoms with van der Waals surface area (Å²) < 4.78 is 27.0. The first kappa shape index (κ1) is 13.6. The van der Waals surface area contributed by atoms with Gasteiger partial charge in [0, 0.05) is 11.3 Å². The SMILES string of the molecule is Cc1ccc(S(=O)(=O)Nc2n[nH]c(C)c2C)cc1C. The highest BCUT2D eigenvalue weighted by atomic mass is 32.2. The highest BCUT2D eigenvalue weighted by molar-refractivity contribution is 7.92. The quantitative estimate of drug-likeness (QED) is 0.906. The van der Waals surface area contributed by atoms with Crippen molar-refractivity contribution in [1.82, 2.24) is 10.2 Å². The van der Waals surface area contributed by atoms with Gasteiger partial charge in [-0.25, -0.2) is 8.42 Å². The van der Waals surface area contributed by atoms with Gasteiger partial charge in [0.1, 0.15) is 0 Å². The van der Waals surface area contributed by atoms with Gasteiger partial charge in [-0.05, 0) is 51.0 Å². The number of aryl methyl sites for hydroxylation is 3. The molecule has 0 radical (unpaired) electrons. The van der Waals surface area contributed by atoms with E-state index in [9.17, 15) is 8.42 Å². The number of H-pyrrole nitrogens is 1. The minimum absolute atomic E-state index is 0.246. The lowest BCUT2D eigenvalue weighted by molar-refractivity contribution is 0.601. The van der Waals surface area contributed by atoms with Gasteiger partial charge in [-0.2, -0.15) is 5.10 Å². The second-order valence-corrected chi connectivity index (χ2v) is 6.36. The maximum Gasteiger partial charge on any atom is 0.263 e. The number of aromatic amines is 1. The molecule has 2 aromatic rings. The molecule has 102 valence electrons. The van der Waals surface area contributed by atoms with Gasteiger partial charge in [0.2, 0.25) is 0 Å². The molecule has 0 aliphatic carbocycles. The van der Waals surface area contributed by atoms with Crippen LogP contribution in [0.1, 0.15) is 22.4 Å². The summed E-state index contributed by atoms with van der Waals surface area (Å²) in [6.45, 7) is 7.49. The Hall–Kier alpha value is -1.82. The highest BCUT2D eigenvalue weighted by Gasteiger charge is 2.18. The molecular weight excluding hydrogens is 262 g/mol. The minimum atomic E-state index is -3.59. The maximum absolute atomic E-state index is 12.3. The molecule has 0 atom stereocenters. The number of rotatable bonds is 3.